The van der Waals surface area contributed by atoms with Crippen LogP contribution in [0.4, 0.5) is 15.8 Å². The summed E-state index contributed by atoms with van der Waals surface area (Å²) in [5, 5.41) is 3.41. The smallest absolute Gasteiger partial charge is 0.262 e. The minimum Gasteiger partial charge on any atom is -0.497 e. The van der Waals surface area contributed by atoms with E-state index < -0.39 is 6.17 Å². The average molecular weight is 348 g/mol. The van der Waals surface area contributed by atoms with E-state index in [2.05, 4.69) is 5.32 Å². The summed E-state index contributed by atoms with van der Waals surface area (Å²) in [6.07, 6.45) is -0.432. The fourth-order valence-corrected chi connectivity index (χ4v) is 3.17. The first-order valence-corrected chi connectivity index (χ1v) is 8.26. The van der Waals surface area contributed by atoms with Crippen LogP contribution in [0.5, 0.6) is 5.75 Å². The maximum Gasteiger partial charge on any atom is 0.262 e. The summed E-state index contributed by atoms with van der Waals surface area (Å²) in [5.41, 5.74) is 2.84. The van der Waals surface area contributed by atoms with Crippen LogP contribution in [0.3, 0.4) is 0 Å². The van der Waals surface area contributed by atoms with Gasteiger partial charge in [-0.3, -0.25) is 9.69 Å². The molecule has 1 atom stereocenters. The van der Waals surface area contributed by atoms with Crippen molar-refractivity contribution < 1.29 is 13.9 Å². The second-order valence-electron chi connectivity index (χ2n) is 6.02. The van der Waals surface area contributed by atoms with Crippen molar-refractivity contribution in [1.29, 1.82) is 0 Å². The number of nitrogens with zero attached hydrogens (tertiary/aromatic N) is 1. The van der Waals surface area contributed by atoms with Gasteiger partial charge < -0.3 is 10.1 Å². The Morgan fingerprint density at radius 2 is 1.77 bits per heavy atom. The molecule has 1 amide bonds. The second kappa shape index (κ2) is 6.52. The molecule has 26 heavy (non-hydrogen) atoms. The first-order chi connectivity index (χ1) is 12.7. The molecule has 1 aliphatic rings. The predicted molar refractivity (Wildman–Crippen MR) is 99.0 cm³/mol. The van der Waals surface area contributed by atoms with E-state index in [0.29, 0.717) is 17.0 Å². The second-order valence-corrected chi connectivity index (χ2v) is 6.02. The molecular weight excluding hydrogens is 331 g/mol. The Balaban J connectivity index is 1.85. The quantitative estimate of drug-likeness (QED) is 0.752. The highest BCUT2D eigenvalue weighted by Crippen LogP contribution is 2.37. The van der Waals surface area contributed by atoms with Gasteiger partial charge in [-0.15, -0.1) is 0 Å². The van der Waals surface area contributed by atoms with Crippen molar-refractivity contribution >= 4 is 17.3 Å². The molecule has 3 aromatic rings. The zero-order valence-electron chi connectivity index (χ0n) is 14.1. The Kier molecular flexibility index (Phi) is 4.05. The van der Waals surface area contributed by atoms with E-state index in [0.717, 1.165) is 11.3 Å². The molecule has 1 N–H and O–H groups in total. The van der Waals surface area contributed by atoms with Gasteiger partial charge in [0.15, 0.2) is 0 Å². The number of para-hydroxylation sites is 1. The summed E-state index contributed by atoms with van der Waals surface area (Å²) in [5.74, 6) is 0.220. The third-order valence-corrected chi connectivity index (χ3v) is 4.44. The van der Waals surface area contributed by atoms with Crippen molar-refractivity contribution in [2.24, 2.45) is 0 Å². The maximum atomic E-state index is 13.4. The third-order valence-electron chi connectivity index (χ3n) is 4.44. The highest BCUT2D eigenvalue weighted by molar-refractivity contribution is 6.12. The van der Waals surface area contributed by atoms with Crippen molar-refractivity contribution in [2.45, 2.75) is 6.17 Å². The molecule has 0 aromatic heterocycles. The van der Waals surface area contributed by atoms with Crippen LogP contribution in [0.1, 0.15) is 22.1 Å². The minimum absolute atomic E-state index is 0.140. The van der Waals surface area contributed by atoms with Gasteiger partial charge in [0.1, 0.15) is 17.7 Å². The number of hydrogen-bond donors (Lipinski definition) is 1. The van der Waals surface area contributed by atoms with Crippen LogP contribution >= 0.6 is 0 Å². The number of anilines is 2. The molecule has 4 rings (SSSR count). The molecule has 0 saturated heterocycles. The number of fused-ring (bicyclic) bond motifs is 1. The highest BCUT2D eigenvalue weighted by atomic mass is 19.1. The number of hydrogen-bond acceptors (Lipinski definition) is 3. The number of rotatable bonds is 3. The molecule has 1 heterocycles. The lowest BCUT2D eigenvalue weighted by molar-refractivity contribution is 0.0975. The van der Waals surface area contributed by atoms with Gasteiger partial charge in [0.2, 0.25) is 0 Å². The monoisotopic (exact) mass is 348 g/mol. The molecule has 0 unspecified atom stereocenters. The van der Waals surface area contributed by atoms with Gasteiger partial charge in [-0.1, -0.05) is 24.3 Å². The van der Waals surface area contributed by atoms with E-state index in [4.69, 9.17) is 4.74 Å². The molecule has 3 aromatic carbocycles. The Hall–Kier alpha value is -3.34. The lowest BCUT2D eigenvalue weighted by atomic mass is 10.0. The van der Waals surface area contributed by atoms with Crippen molar-refractivity contribution in [3.05, 3.63) is 89.7 Å². The molecule has 0 saturated carbocycles. The summed E-state index contributed by atoms with van der Waals surface area (Å²) in [6, 6.07) is 20.8. The molecule has 0 spiro atoms. The molecule has 130 valence electrons. The molecular formula is C21H17FN2O2. The predicted octanol–water partition coefficient (Wildman–Crippen LogP) is 4.61. The van der Waals surface area contributed by atoms with E-state index in [9.17, 15) is 9.18 Å². The number of methoxy groups -OCH3 is 1. The summed E-state index contributed by atoms with van der Waals surface area (Å²) in [4.78, 5) is 14.8. The van der Waals surface area contributed by atoms with E-state index in [1.807, 2.05) is 42.5 Å². The molecule has 0 fully saturated rings. The Bertz CT molecular complexity index is 956. The first kappa shape index (κ1) is 16.1. The van der Waals surface area contributed by atoms with Crippen LogP contribution in [-0.2, 0) is 0 Å². The number of carbonyl (C=O) groups is 1. The number of amides is 1. The fraction of sp³-hybridized carbons (Fsp3) is 0.0952. The van der Waals surface area contributed by atoms with E-state index in [1.165, 1.54) is 12.1 Å². The normalized spacial score (nSPS) is 16.0. The zero-order chi connectivity index (χ0) is 18.1. The Morgan fingerprint density at radius 3 is 2.54 bits per heavy atom. The van der Waals surface area contributed by atoms with E-state index >= 15 is 0 Å². The van der Waals surface area contributed by atoms with Crippen molar-refractivity contribution in [3.63, 3.8) is 0 Å². The third kappa shape index (κ3) is 2.77. The molecule has 0 aliphatic carbocycles. The summed E-state index contributed by atoms with van der Waals surface area (Å²) >= 11 is 0. The number of ether oxygens (including phenoxy) is 1. The minimum atomic E-state index is -0.432. The first-order valence-electron chi connectivity index (χ1n) is 8.26. The lowest BCUT2D eigenvalue weighted by Crippen LogP contribution is -2.43. The number of carbonyl (C=O) groups excluding carboxylic acids is 1. The van der Waals surface area contributed by atoms with Gasteiger partial charge in [0.25, 0.3) is 5.91 Å². The molecule has 0 bridgehead atoms. The maximum absolute atomic E-state index is 13.4. The zero-order valence-corrected chi connectivity index (χ0v) is 14.1. The highest BCUT2D eigenvalue weighted by Gasteiger charge is 2.34. The van der Waals surface area contributed by atoms with Crippen LogP contribution in [0.15, 0.2) is 72.8 Å². The van der Waals surface area contributed by atoms with Crippen molar-refractivity contribution in [1.82, 2.24) is 0 Å². The topological polar surface area (TPSA) is 41.6 Å². The largest absolute Gasteiger partial charge is 0.497 e. The van der Waals surface area contributed by atoms with Gasteiger partial charge in [-0.2, -0.15) is 0 Å². The molecule has 0 radical (unpaired) electrons. The van der Waals surface area contributed by atoms with Crippen LogP contribution in [-0.4, -0.2) is 13.0 Å². The fourth-order valence-electron chi connectivity index (χ4n) is 3.17. The van der Waals surface area contributed by atoms with Crippen molar-refractivity contribution in [2.75, 3.05) is 17.3 Å². The SMILES string of the molecule is COc1cccc([C@H]2Nc3ccccc3C(=O)N2c2ccc(F)cc2)c1. The van der Waals surface area contributed by atoms with E-state index in [1.54, 1.807) is 30.2 Å². The number of halogens is 1. The Morgan fingerprint density at radius 1 is 1.00 bits per heavy atom. The van der Waals surface area contributed by atoms with Gasteiger partial charge >= 0.3 is 0 Å². The van der Waals surface area contributed by atoms with Gasteiger partial charge in [0, 0.05) is 11.4 Å². The van der Waals surface area contributed by atoms with Gasteiger partial charge in [0.05, 0.1) is 12.7 Å². The summed E-state index contributed by atoms with van der Waals surface area (Å²) in [6.45, 7) is 0. The van der Waals surface area contributed by atoms with Crippen LogP contribution < -0.4 is 15.0 Å². The van der Waals surface area contributed by atoms with Crippen molar-refractivity contribution in [3.8, 4) is 5.75 Å². The summed E-state index contributed by atoms with van der Waals surface area (Å²) in [7, 11) is 1.60. The molecule has 4 nitrogen and oxygen atoms in total. The van der Waals surface area contributed by atoms with Crippen LogP contribution in [0.25, 0.3) is 0 Å². The van der Waals surface area contributed by atoms with Gasteiger partial charge in [-0.05, 0) is 54.1 Å². The lowest BCUT2D eigenvalue weighted by Gasteiger charge is -2.38. The standard InChI is InChI=1S/C21H17FN2O2/c1-26-17-6-4-5-14(13-17)20-23-19-8-3-2-7-18(19)21(25)24(20)16-11-9-15(22)10-12-16/h2-13,20,23H,1H3/t20-/m0/s1. The Labute approximate surface area is 150 Å². The van der Waals surface area contributed by atoms with Crippen LogP contribution in [0.2, 0.25) is 0 Å². The average Bonchev–Trinajstić information content (AvgIpc) is 2.69. The van der Waals surface area contributed by atoms with Crippen LogP contribution in [0, 0.1) is 5.82 Å². The summed E-state index contributed by atoms with van der Waals surface area (Å²) < 4.78 is 18.7. The van der Waals surface area contributed by atoms with Gasteiger partial charge in [-0.25, -0.2) is 4.39 Å². The number of benzene rings is 3. The number of nitrogens with one attached hydrogen (secondary N) is 1. The molecule has 5 heteroatoms. The van der Waals surface area contributed by atoms with E-state index in [-0.39, 0.29) is 11.7 Å². The molecule has 1 aliphatic heterocycles.